The summed E-state index contributed by atoms with van der Waals surface area (Å²) in [6.45, 7) is 3.32. The molecule has 0 aliphatic rings. The molecule has 0 aliphatic heterocycles. The molecule has 0 saturated heterocycles. The third-order valence-corrected chi connectivity index (χ3v) is 3.64. The highest BCUT2D eigenvalue weighted by molar-refractivity contribution is 14.2. The van der Waals surface area contributed by atoms with Crippen LogP contribution in [0.5, 0.6) is 0 Å². The molecule has 5 nitrogen and oxygen atoms in total. The van der Waals surface area contributed by atoms with Crippen LogP contribution in [-0.4, -0.2) is 53.5 Å². The highest BCUT2D eigenvalue weighted by Crippen LogP contribution is 2.20. The molecule has 0 heterocycles. The van der Waals surface area contributed by atoms with Crippen LogP contribution in [0.4, 0.5) is 0 Å². The minimum Gasteiger partial charge on any atom is -0.388 e. The maximum absolute atomic E-state index is 10.8. The zero-order chi connectivity index (χ0) is 17.2. The van der Waals surface area contributed by atoms with Crippen LogP contribution in [0.2, 0.25) is 0 Å². The zero-order valence-electron chi connectivity index (χ0n) is 13.5. The van der Waals surface area contributed by atoms with Crippen molar-refractivity contribution in [2.45, 2.75) is 0 Å². The van der Waals surface area contributed by atoms with Crippen LogP contribution in [0.3, 0.4) is 0 Å². The van der Waals surface area contributed by atoms with Gasteiger partial charge in [0.2, 0.25) is 0 Å². The van der Waals surface area contributed by atoms with Crippen molar-refractivity contribution >= 4 is 40.9 Å². The van der Waals surface area contributed by atoms with E-state index in [0.717, 1.165) is 11.8 Å². The lowest BCUT2D eigenvalue weighted by atomic mass is 10.1. The molecule has 130 valence electrons. The van der Waals surface area contributed by atoms with E-state index in [1.54, 1.807) is 20.3 Å². The van der Waals surface area contributed by atoms with Gasteiger partial charge in [0.25, 0.3) is 0 Å². The van der Waals surface area contributed by atoms with Crippen molar-refractivity contribution in [2.75, 3.05) is 47.3 Å². The monoisotopic (exact) mass is 454 g/mol. The third kappa shape index (κ3) is 13.7. The van der Waals surface area contributed by atoms with Crippen molar-refractivity contribution in [3.8, 4) is 0 Å². The van der Waals surface area contributed by atoms with Gasteiger partial charge < -0.3 is 18.7 Å². The summed E-state index contributed by atoms with van der Waals surface area (Å²) in [6, 6.07) is 7.44. The maximum atomic E-state index is 10.8. The number of carbonyl (C=O) groups excluding carboxylic acids is 1. The molecule has 1 unspecified atom stereocenters. The van der Waals surface area contributed by atoms with E-state index in [-0.39, 0.29) is 0 Å². The van der Waals surface area contributed by atoms with E-state index in [9.17, 15) is 4.79 Å². The predicted molar refractivity (Wildman–Crippen MR) is 104 cm³/mol. The lowest BCUT2D eigenvalue weighted by Crippen LogP contribution is -2.07. The Morgan fingerprint density at radius 2 is 1.65 bits per heavy atom. The zero-order valence-corrected chi connectivity index (χ0v) is 16.7. The van der Waals surface area contributed by atoms with E-state index < -0.39 is 0 Å². The lowest BCUT2D eigenvalue weighted by Gasteiger charge is -2.04. The van der Waals surface area contributed by atoms with Crippen molar-refractivity contribution < 1.29 is 23.5 Å². The Labute approximate surface area is 153 Å². The Balaban J connectivity index is 0.00000149. The normalized spacial score (nSPS) is 10.9. The second-order valence-electron chi connectivity index (χ2n) is 4.17. The summed E-state index contributed by atoms with van der Waals surface area (Å²) in [5.41, 5.74) is 1.59. The molecule has 0 radical (unpaired) electrons. The molecule has 1 aromatic rings. The number of benzene rings is 1. The molecule has 7 heteroatoms. The average molecular weight is 454 g/mol. The summed E-state index contributed by atoms with van der Waals surface area (Å²) in [4.78, 5) is 10.8. The van der Waals surface area contributed by atoms with Gasteiger partial charge in [0, 0.05) is 19.8 Å². The first kappa shape index (κ1) is 22.6. The van der Waals surface area contributed by atoms with E-state index in [1.807, 2.05) is 30.4 Å². The fourth-order valence-electron chi connectivity index (χ4n) is 1.46. The van der Waals surface area contributed by atoms with Gasteiger partial charge in [0.15, 0.2) is 6.29 Å². The Kier molecular flexibility index (Phi) is 17.7. The number of carbonyl (C=O) groups is 1. The molecule has 0 fully saturated rings. The van der Waals surface area contributed by atoms with Gasteiger partial charge >= 0.3 is 0 Å². The molecule has 0 aromatic heterocycles. The van der Waals surface area contributed by atoms with Gasteiger partial charge in [-0.15, -0.1) is 0 Å². The summed E-state index contributed by atoms with van der Waals surface area (Å²) in [5, 5.41) is 0. The van der Waals surface area contributed by atoms with Crippen molar-refractivity contribution in [3.63, 3.8) is 0 Å². The van der Waals surface area contributed by atoms with Crippen molar-refractivity contribution in [1.82, 2.24) is 0 Å². The van der Waals surface area contributed by atoms with Crippen LogP contribution in [0.25, 0.3) is 6.08 Å². The van der Waals surface area contributed by atoms with Crippen molar-refractivity contribution in [2.24, 2.45) is 0 Å². The summed E-state index contributed by atoms with van der Waals surface area (Å²) >= 11 is 2.18. The molecular weight excluding hydrogens is 430 g/mol. The number of rotatable bonds is 11. The number of methoxy groups -OCH3 is 1. The Morgan fingerprint density at radius 1 is 1.04 bits per heavy atom. The van der Waals surface area contributed by atoms with Crippen LogP contribution in [0, 0.1) is 0 Å². The van der Waals surface area contributed by atoms with Gasteiger partial charge in [-0.2, -0.15) is 0 Å². The Hall–Kier alpha value is -0.370. The molecule has 1 rings (SSSR count). The topological polar surface area (TPSA) is 54.0 Å². The molecule has 0 spiro atoms. The summed E-state index contributed by atoms with van der Waals surface area (Å²) < 4.78 is 20.1. The van der Waals surface area contributed by atoms with Crippen LogP contribution < -0.4 is 0 Å². The minimum absolute atomic E-state index is 0.480. The molecule has 0 N–H and O–H groups in total. The molecule has 1 atom stereocenters. The first-order chi connectivity index (χ1) is 11.3. The highest BCUT2D eigenvalue weighted by Gasteiger charge is 1.95. The summed E-state index contributed by atoms with van der Waals surface area (Å²) in [5.74, 6) is 0. The number of hydrogen-bond acceptors (Lipinski definition) is 5. The molecule has 23 heavy (non-hydrogen) atoms. The van der Waals surface area contributed by atoms with E-state index in [1.165, 1.54) is 0 Å². The van der Waals surface area contributed by atoms with Crippen molar-refractivity contribution in [1.29, 1.82) is 0 Å². The standard InChI is InChI=1S/C14H18IO4P.C2H6O/c15-20-19-11-10-18-9-8-17-7-3-6-13-4-1-2-5-14(13)12-16;1-3-2/h1-6,12,20H,7-11H2;1-2H3/b6-3+;. The smallest absolute Gasteiger partial charge is 0.150 e. The highest BCUT2D eigenvalue weighted by atomic mass is 127. The molecule has 0 amide bonds. The van der Waals surface area contributed by atoms with Gasteiger partial charge in [-0.3, -0.25) is 4.79 Å². The molecule has 0 saturated carbocycles. The quantitative estimate of drug-likeness (QED) is 0.221. The van der Waals surface area contributed by atoms with Crippen LogP contribution in [-0.2, 0) is 18.7 Å². The van der Waals surface area contributed by atoms with Crippen molar-refractivity contribution in [3.05, 3.63) is 41.5 Å². The SMILES string of the molecule is COC.O=Cc1ccccc1/C=C/COCCOCCOPI. The first-order valence-corrected chi connectivity index (χ1v) is 11.1. The summed E-state index contributed by atoms with van der Waals surface area (Å²) in [7, 11) is 3.25. The second-order valence-corrected chi connectivity index (χ2v) is 5.93. The molecule has 1 aromatic carbocycles. The van der Waals surface area contributed by atoms with Crippen LogP contribution >= 0.6 is 28.5 Å². The van der Waals surface area contributed by atoms with Gasteiger partial charge in [0.1, 0.15) is 0 Å². The Morgan fingerprint density at radius 3 is 2.30 bits per heavy atom. The van der Waals surface area contributed by atoms with E-state index >= 15 is 0 Å². The predicted octanol–water partition coefficient (Wildman–Crippen LogP) is 3.77. The fourth-order valence-corrected chi connectivity index (χ4v) is 2.28. The first-order valence-electron chi connectivity index (χ1n) is 7.03. The largest absolute Gasteiger partial charge is 0.388 e. The van der Waals surface area contributed by atoms with Crippen LogP contribution in [0.1, 0.15) is 15.9 Å². The minimum atomic E-state index is 0.480. The molecule has 0 aliphatic carbocycles. The van der Waals surface area contributed by atoms with E-state index in [4.69, 9.17) is 14.0 Å². The van der Waals surface area contributed by atoms with Gasteiger partial charge in [-0.1, -0.05) is 36.4 Å². The van der Waals surface area contributed by atoms with E-state index in [0.29, 0.717) is 45.0 Å². The average Bonchev–Trinajstić information content (AvgIpc) is 2.57. The van der Waals surface area contributed by atoms with E-state index in [2.05, 4.69) is 26.8 Å². The Bertz CT molecular complexity index is 429. The number of halogens is 1. The fraction of sp³-hybridized carbons (Fsp3) is 0.438. The number of hydrogen-bond donors (Lipinski definition) is 0. The third-order valence-electron chi connectivity index (χ3n) is 2.39. The lowest BCUT2D eigenvalue weighted by molar-refractivity contribution is 0.0474. The number of aldehydes is 1. The molecular formula is C16H24IO5P. The molecule has 0 bridgehead atoms. The number of ether oxygens (including phenoxy) is 3. The van der Waals surface area contributed by atoms with Gasteiger partial charge in [-0.05, 0) is 27.6 Å². The second kappa shape index (κ2) is 18.0. The van der Waals surface area contributed by atoms with Gasteiger partial charge in [-0.25, -0.2) is 0 Å². The maximum Gasteiger partial charge on any atom is 0.150 e. The van der Waals surface area contributed by atoms with Gasteiger partial charge in [0.05, 0.1) is 39.5 Å². The summed E-state index contributed by atoms with van der Waals surface area (Å²) in [6.07, 6.45) is 4.63. The van der Waals surface area contributed by atoms with Crippen LogP contribution in [0.15, 0.2) is 30.3 Å².